The molecule has 0 spiro atoms. The van der Waals surface area contributed by atoms with Crippen LogP contribution in [0.1, 0.15) is 44.6 Å². The van der Waals surface area contributed by atoms with Crippen LogP contribution in [0.3, 0.4) is 0 Å². The first kappa shape index (κ1) is 13.6. The molecule has 100 valence electrons. The van der Waals surface area contributed by atoms with Crippen molar-refractivity contribution in [1.82, 2.24) is 0 Å². The van der Waals surface area contributed by atoms with Crippen LogP contribution in [0.4, 0.5) is 0 Å². The molecule has 2 nitrogen and oxygen atoms in total. The van der Waals surface area contributed by atoms with E-state index in [0.717, 1.165) is 19.3 Å². The van der Waals surface area contributed by atoms with Gasteiger partial charge in [0, 0.05) is 0 Å². The van der Waals surface area contributed by atoms with Crippen LogP contribution >= 0.6 is 0 Å². The third-order valence-corrected chi connectivity index (χ3v) is 4.57. The summed E-state index contributed by atoms with van der Waals surface area (Å²) in [6.07, 6.45) is 2.28. The molecule has 5 unspecified atom stereocenters. The standard InChI is InChI=1S/C16H24O2/c1-11(12(2)17)15-10-14(8-9-16(15)18)13-6-4-3-5-7-13/h3-7,11-12,14-18H,8-10H2,1-2H3. The second kappa shape index (κ2) is 5.85. The number of benzene rings is 1. The lowest BCUT2D eigenvalue weighted by atomic mass is 9.70. The summed E-state index contributed by atoms with van der Waals surface area (Å²) in [5, 5.41) is 19.9. The maximum Gasteiger partial charge on any atom is 0.0572 e. The number of hydrogen-bond acceptors (Lipinski definition) is 2. The normalized spacial score (nSPS) is 31.9. The monoisotopic (exact) mass is 248 g/mol. The third kappa shape index (κ3) is 2.93. The average Bonchev–Trinajstić information content (AvgIpc) is 2.39. The van der Waals surface area contributed by atoms with E-state index < -0.39 is 0 Å². The Hall–Kier alpha value is -0.860. The van der Waals surface area contributed by atoms with Gasteiger partial charge in [0.15, 0.2) is 0 Å². The molecule has 0 aromatic heterocycles. The van der Waals surface area contributed by atoms with E-state index in [1.54, 1.807) is 0 Å². The SMILES string of the molecule is CC(O)C(C)C1CC(c2ccccc2)CCC1O. The van der Waals surface area contributed by atoms with Crippen LogP contribution < -0.4 is 0 Å². The molecule has 2 N–H and O–H groups in total. The second-order valence-corrected chi connectivity index (χ2v) is 5.75. The average molecular weight is 248 g/mol. The maximum absolute atomic E-state index is 10.1. The van der Waals surface area contributed by atoms with Crippen LogP contribution in [0, 0.1) is 11.8 Å². The predicted octanol–water partition coefficient (Wildman–Crippen LogP) is 2.95. The molecule has 1 fully saturated rings. The van der Waals surface area contributed by atoms with Gasteiger partial charge in [-0.25, -0.2) is 0 Å². The Bertz CT molecular complexity index is 361. The predicted molar refractivity (Wildman–Crippen MR) is 73.4 cm³/mol. The molecule has 1 aliphatic carbocycles. The van der Waals surface area contributed by atoms with Crippen LogP contribution in [0.15, 0.2) is 30.3 Å². The molecule has 2 rings (SSSR count). The zero-order valence-electron chi connectivity index (χ0n) is 11.3. The lowest BCUT2D eigenvalue weighted by Gasteiger charge is -2.38. The molecular formula is C16H24O2. The molecule has 5 atom stereocenters. The van der Waals surface area contributed by atoms with Gasteiger partial charge >= 0.3 is 0 Å². The summed E-state index contributed by atoms with van der Waals surface area (Å²) in [6, 6.07) is 10.5. The van der Waals surface area contributed by atoms with Crippen molar-refractivity contribution in [1.29, 1.82) is 0 Å². The minimum absolute atomic E-state index is 0.159. The summed E-state index contributed by atoms with van der Waals surface area (Å²) >= 11 is 0. The minimum Gasteiger partial charge on any atom is -0.393 e. The van der Waals surface area contributed by atoms with Crippen molar-refractivity contribution in [3.63, 3.8) is 0 Å². The number of aliphatic hydroxyl groups excluding tert-OH is 2. The Morgan fingerprint density at radius 2 is 1.78 bits per heavy atom. The molecule has 1 aliphatic rings. The quantitative estimate of drug-likeness (QED) is 0.863. The minimum atomic E-state index is -0.348. The van der Waals surface area contributed by atoms with E-state index in [0.29, 0.717) is 5.92 Å². The van der Waals surface area contributed by atoms with E-state index in [4.69, 9.17) is 0 Å². The molecule has 1 aromatic carbocycles. The summed E-state index contributed by atoms with van der Waals surface area (Å²) in [6.45, 7) is 3.87. The maximum atomic E-state index is 10.1. The van der Waals surface area contributed by atoms with Gasteiger partial charge in [-0.3, -0.25) is 0 Å². The highest BCUT2D eigenvalue weighted by atomic mass is 16.3. The van der Waals surface area contributed by atoms with Crippen molar-refractivity contribution >= 4 is 0 Å². The number of rotatable bonds is 3. The van der Waals surface area contributed by atoms with Crippen molar-refractivity contribution in [2.45, 2.75) is 51.2 Å². The smallest absolute Gasteiger partial charge is 0.0572 e. The van der Waals surface area contributed by atoms with Crippen molar-refractivity contribution < 1.29 is 10.2 Å². The lowest BCUT2D eigenvalue weighted by Crippen LogP contribution is -2.36. The van der Waals surface area contributed by atoms with Crippen LogP contribution in [-0.2, 0) is 0 Å². The van der Waals surface area contributed by atoms with Gasteiger partial charge in [-0.2, -0.15) is 0 Å². The largest absolute Gasteiger partial charge is 0.393 e. The molecule has 0 bridgehead atoms. The highest BCUT2D eigenvalue weighted by Gasteiger charge is 2.34. The van der Waals surface area contributed by atoms with Gasteiger partial charge in [-0.05, 0) is 49.5 Å². The molecule has 18 heavy (non-hydrogen) atoms. The van der Waals surface area contributed by atoms with Crippen molar-refractivity contribution in [3.8, 4) is 0 Å². The van der Waals surface area contributed by atoms with Gasteiger partial charge in [0.1, 0.15) is 0 Å². The molecule has 0 amide bonds. The zero-order chi connectivity index (χ0) is 13.1. The first-order valence-electron chi connectivity index (χ1n) is 7.00. The Kier molecular flexibility index (Phi) is 4.41. The van der Waals surface area contributed by atoms with Gasteiger partial charge in [0.25, 0.3) is 0 Å². The van der Waals surface area contributed by atoms with Crippen molar-refractivity contribution in [3.05, 3.63) is 35.9 Å². The van der Waals surface area contributed by atoms with Gasteiger partial charge in [-0.1, -0.05) is 37.3 Å². The third-order valence-electron chi connectivity index (χ3n) is 4.57. The van der Waals surface area contributed by atoms with E-state index in [9.17, 15) is 10.2 Å². The Labute approximate surface area is 110 Å². The fraction of sp³-hybridized carbons (Fsp3) is 0.625. The van der Waals surface area contributed by atoms with E-state index >= 15 is 0 Å². The molecule has 2 heteroatoms. The number of aliphatic hydroxyl groups is 2. The lowest BCUT2D eigenvalue weighted by molar-refractivity contribution is -0.00695. The Balaban J connectivity index is 2.09. The van der Waals surface area contributed by atoms with Gasteiger partial charge in [0.2, 0.25) is 0 Å². The molecule has 0 heterocycles. The fourth-order valence-electron chi connectivity index (χ4n) is 3.14. The second-order valence-electron chi connectivity index (χ2n) is 5.75. The highest BCUT2D eigenvalue weighted by Crippen LogP contribution is 2.40. The van der Waals surface area contributed by atoms with Crippen LogP contribution in [-0.4, -0.2) is 22.4 Å². The summed E-state index contributed by atoms with van der Waals surface area (Å²) < 4.78 is 0. The molecule has 0 saturated heterocycles. The summed E-state index contributed by atoms with van der Waals surface area (Å²) in [4.78, 5) is 0. The van der Waals surface area contributed by atoms with Gasteiger partial charge < -0.3 is 10.2 Å². The molecule has 1 saturated carbocycles. The topological polar surface area (TPSA) is 40.5 Å². The summed E-state index contributed by atoms with van der Waals surface area (Å²) in [5.41, 5.74) is 1.37. The van der Waals surface area contributed by atoms with Crippen LogP contribution in [0.25, 0.3) is 0 Å². The molecule has 0 radical (unpaired) electrons. The van der Waals surface area contributed by atoms with Gasteiger partial charge in [-0.15, -0.1) is 0 Å². The van der Waals surface area contributed by atoms with Gasteiger partial charge in [0.05, 0.1) is 12.2 Å². The fourth-order valence-corrected chi connectivity index (χ4v) is 3.14. The van der Waals surface area contributed by atoms with E-state index in [2.05, 4.69) is 24.3 Å². The van der Waals surface area contributed by atoms with E-state index in [-0.39, 0.29) is 24.0 Å². The molecule has 1 aromatic rings. The van der Waals surface area contributed by atoms with Crippen molar-refractivity contribution in [2.75, 3.05) is 0 Å². The Morgan fingerprint density at radius 3 is 2.39 bits per heavy atom. The van der Waals surface area contributed by atoms with Crippen molar-refractivity contribution in [2.24, 2.45) is 11.8 Å². The molecular weight excluding hydrogens is 224 g/mol. The van der Waals surface area contributed by atoms with Crippen LogP contribution in [0.2, 0.25) is 0 Å². The highest BCUT2D eigenvalue weighted by molar-refractivity contribution is 5.20. The molecule has 0 aliphatic heterocycles. The summed E-state index contributed by atoms with van der Waals surface area (Å²) in [5.74, 6) is 0.899. The zero-order valence-corrected chi connectivity index (χ0v) is 11.3. The van der Waals surface area contributed by atoms with E-state index in [1.807, 2.05) is 19.9 Å². The first-order chi connectivity index (χ1) is 8.59. The Morgan fingerprint density at radius 1 is 1.11 bits per heavy atom. The number of hydrogen-bond donors (Lipinski definition) is 2. The van der Waals surface area contributed by atoms with Crippen LogP contribution in [0.5, 0.6) is 0 Å². The van der Waals surface area contributed by atoms with E-state index in [1.165, 1.54) is 5.56 Å². The first-order valence-corrected chi connectivity index (χ1v) is 7.00. The summed E-state index contributed by atoms with van der Waals surface area (Å²) in [7, 11) is 0.